The lowest BCUT2D eigenvalue weighted by Gasteiger charge is -1.95. The Kier molecular flexibility index (Phi) is 2.21. The summed E-state index contributed by atoms with van der Waals surface area (Å²) in [4.78, 5) is 3.94. The Morgan fingerprint density at radius 1 is 1.40 bits per heavy atom. The van der Waals surface area contributed by atoms with Gasteiger partial charge in [-0.15, -0.1) is 0 Å². The Labute approximate surface area is 62.9 Å². The van der Waals surface area contributed by atoms with Crippen LogP contribution in [0.3, 0.4) is 0 Å². The molecule has 0 fully saturated rings. The van der Waals surface area contributed by atoms with E-state index in [4.69, 9.17) is 0 Å². The first-order chi connectivity index (χ1) is 4.84. The summed E-state index contributed by atoms with van der Waals surface area (Å²) in [5, 5.41) is 0. The van der Waals surface area contributed by atoms with Gasteiger partial charge in [-0.3, -0.25) is 4.99 Å². The molecule has 0 heterocycles. The molecule has 54 valence electrons. The van der Waals surface area contributed by atoms with Gasteiger partial charge in [-0.1, -0.05) is 24.3 Å². The van der Waals surface area contributed by atoms with Crippen LogP contribution in [0.15, 0.2) is 29.3 Å². The number of rotatable bonds is 1. The minimum Gasteiger partial charge on any atom is -0.296 e. The minimum atomic E-state index is 0. The van der Waals surface area contributed by atoms with Crippen LogP contribution < -0.4 is 0 Å². The van der Waals surface area contributed by atoms with Crippen LogP contribution in [0.4, 0.5) is 0 Å². The van der Waals surface area contributed by atoms with Gasteiger partial charge < -0.3 is 0 Å². The van der Waals surface area contributed by atoms with Gasteiger partial charge in [0, 0.05) is 14.7 Å². The van der Waals surface area contributed by atoms with Crippen molar-refractivity contribution in [3.05, 3.63) is 35.4 Å². The molecule has 0 aromatic heterocycles. The van der Waals surface area contributed by atoms with Crippen molar-refractivity contribution in [1.29, 1.82) is 0 Å². The van der Waals surface area contributed by atoms with Crippen LogP contribution >= 0.6 is 0 Å². The predicted molar refractivity (Wildman–Crippen MR) is 46.8 cm³/mol. The summed E-state index contributed by atoms with van der Waals surface area (Å²) in [5.74, 6) is 0. The predicted octanol–water partition coefficient (Wildman–Crippen LogP) is 2.29. The smallest absolute Gasteiger partial charge is 0.0284 e. The van der Waals surface area contributed by atoms with Crippen LogP contribution in [0.5, 0.6) is 0 Å². The van der Waals surface area contributed by atoms with Gasteiger partial charge in [0.25, 0.3) is 0 Å². The fraction of sp³-hybridized carbons (Fsp3) is 0.222. The zero-order valence-corrected chi connectivity index (χ0v) is 6.33. The van der Waals surface area contributed by atoms with Crippen LogP contribution in [-0.2, 0) is 0 Å². The van der Waals surface area contributed by atoms with E-state index in [2.05, 4.69) is 24.0 Å². The first-order valence-electron chi connectivity index (χ1n) is 3.32. The molecule has 10 heavy (non-hydrogen) atoms. The highest BCUT2D eigenvalue weighted by molar-refractivity contribution is 5.81. The van der Waals surface area contributed by atoms with E-state index in [0.29, 0.717) is 0 Å². The van der Waals surface area contributed by atoms with E-state index in [1.807, 2.05) is 18.3 Å². The van der Waals surface area contributed by atoms with E-state index in [9.17, 15) is 0 Å². The molecule has 1 heteroatoms. The summed E-state index contributed by atoms with van der Waals surface area (Å²) in [6.45, 7) is 2.08. The molecule has 0 amide bonds. The highest BCUT2D eigenvalue weighted by atomic mass is 14.6. The Morgan fingerprint density at radius 2 is 2.10 bits per heavy atom. The lowest BCUT2D eigenvalue weighted by Crippen LogP contribution is -1.84. The van der Waals surface area contributed by atoms with Crippen molar-refractivity contribution in [3.63, 3.8) is 0 Å². The van der Waals surface area contributed by atoms with E-state index < -0.39 is 0 Å². The molecular formula is C9H13N. The van der Waals surface area contributed by atoms with Crippen molar-refractivity contribution < 1.29 is 1.43 Å². The van der Waals surface area contributed by atoms with Crippen LogP contribution in [-0.4, -0.2) is 13.3 Å². The third-order valence-electron chi connectivity index (χ3n) is 1.46. The van der Waals surface area contributed by atoms with E-state index in [0.717, 1.165) is 0 Å². The van der Waals surface area contributed by atoms with Crippen molar-refractivity contribution in [2.75, 3.05) is 7.05 Å². The van der Waals surface area contributed by atoms with Gasteiger partial charge in [0.05, 0.1) is 0 Å². The van der Waals surface area contributed by atoms with Crippen molar-refractivity contribution >= 4 is 6.21 Å². The third-order valence-corrected chi connectivity index (χ3v) is 1.46. The van der Waals surface area contributed by atoms with Crippen LogP contribution in [0.25, 0.3) is 0 Å². The zero-order chi connectivity index (χ0) is 7.40. The van der Waals surface area contributed by atoms with E-state index in [1.165, 1.54) is 11.1 Å². The topological polar surface area (TPSA) is 12.4 Å². The molecule has 0 aliphatic heterocycles. The van der Waals surface area contributed by atoms with Crippen molar-refractivity contribution in [1.82, 2.24) is 0 Å². The molecule has 0 spiro atoms. The summed E-state index contributed by atoms with van der Waals surface area (Å²) in [7, 11) is 1.78. The van der Waals surface area contributed by atoms with Crippen LogP contribution in [0, 0.1) is 6.92 Å². The number of aryl methyl sites for hydroxylation is 1. The third kappa shape index (κ3) is 1.44. The second-order valence-electron chi connectivity index (χ2n) is 2.24. The molecule has 0 saturated carbocycles. The number of hydrogen-bond donors (Lipinski definition) is 0. The molecule has 1 aromatic carbocycles. The van der Waals surface area contributed by atoms with Crippen LogP contribution in [0.2, 0.25) is 0 Å². The standard InChI is InChI=1S/C9H11N.H2/c1-8-5-3-4-6-9(8)7-10-2;/h3-7H,1-2H3;1H. The normalized spacial score (nSPS) is 10.6. The Hall–Kier alpha value is -1.11. The maximum absolute atomic E-state index is 3.94. The largest absolute Gasteiger partial charge is 0.296 e. The van der Waals surface area contributed by atoms with Gasteiger partial charge >= 0.3 is 0 Å². The Bertz CT molecular complexity index is 243. The molecular weight excluding hydrogens is 122 g/mol. The number of nitrogens with zero attached hydrogens (tertiary/aromatic N) is 1. The van der Waals surface area contributed by atoms with Gasteiger partial charge in [0.2, 0.25) is 0 Å². The SMILES string of the molecule is CN=Cc1ccccc1C.[HH]. The second-order valence-corrected chi connectivity index (χ2v) is 2.24. The van der Waals surface area contributed by atoms with Crippen LogP contribution in [0.1, 0.15) is 12.6 Å². The van der Waals surface area contributed by atoms with Crippen molar-refractivity contribution in [2.45, 2.75) is 6.92 Å². The van der Waals surface area contributed by atoms with Crippen molar-refractivity contribution in [2.24, 2.45) is 4.99 Å². The molecule has 0 saturated heterocycles. The molecule has 0 atom stereocenters. The molecule has 1 nitrogen and oxygen atoms in total. The van der Waals surface area contributed by atoms with Crippen molar-refractivity contribution in [3.8, 4) is 0 Å². The summed E-state index contributed by atoms with van der Waals surface area (Å²) in [6.07, 6.45) is 1.87. The molecule has 1 rings (SSSR count). The summed E-state index contributed by atoms with van der Waals surface area (Å²) in [6, 6.07) is 8.19. The second kappa shape index (κ2) is 3.16. The van der Waals surface area contributed by atoms with E-state index in [-0.39, 0.29) is 1.43 Å². The Morgan fingerprint density at radius 3 is 2.70 bits per heavy atom. The maximum Gasteiger partial charge on any atom is 0.0284 e. The Balaban J connectivity index is 0.000001000. The molecule has 1 aromatic rings. The van der Waals surface area contributed by atoms with E-state index >= 15 is 0 Å². The number of benzene rings is 1. The van der Waals surface area contributed by atoms with Gasteiger partial charge in [-0.25, -0.2) is 0 Å². The lowest BCUT2D eigenvalue weighted by molar-refractivity contribution is 1.41. The molecule has 0 unspecified atom stereocenters. The average Bonchev–Trinajstić information content (AvgIpc) is 1.94. The fourth-order valence-corrected chi connectivity index (χ4v) is 0.871. The summed E-state index contributed by atoms with van der Waals surface area (Å²) >= 11 is 0. The average molecular weight is 135 g/mol. The number of hydrogen-bond acceptors (Lipinski definition) is 1. The lowest BCUT2D eigenvalue weighted by atomic mass is 10.1. The zero-order valence-electron chi connectivity index (χ0n) is 6.33. The van der Waals surface area contributed by atoms with Gasteiger partial charge in [-0.2, -0.15) is 0 Å². The fourth-order valence-electron chi connectivity index (χ4n) is 0.871. The first-order valence-corrected chi connectivity index (χ1v) is 3.32. The van der Waals surface area contributed by atoms with Gasteiger partial charge in [-0.05, 0) is 18.1 Å². The number of aliphatic imine (C=N–C) groups is 1. The quantitative estimate of drug-likeness (QED) is 0.524. The van der Waals surface area contributed by atoms with Gasteiger partial charge in [0.15, 0.2) is 0 Å². The monoisotopic (exact) mass is 135 g/mol. The summed E-state index contributed by atoms with van der Waals surface area (Å²) in [5.41, 5.74) is 2.47. The molecule has 0 radical (unpaired) electrons. The minimum absolute atomic E-state index is 0. The molecule has 0 N–H and O–H groups in total. The first kappa shape index (κ1) is 7.00. The maximum atomic E-state index is 3.94. The highest BCUT2D eigenvalue weighted by Gasteiger charge is 1.88. The molecule has 0 aliphatic rings. The van der Waals surface area contributed by atoms with Gasteiger partial charge in [0.1, 0.15) is 0 Å². The molecule has 0 aliphatic carbocycles. The summed E-state index contributed by atoms with van der Waals surface area (Å²) < 4.78 is 0. The highest BCUT2D eigenvalue weighted by Crippen LogP contribution is 2.02. The molecule has 0 bridgehead atoms. The van der Waals surface area contributed by atoms with E-state index in [1.54, 1.807) is 7.05 Å².